The average Bonchev–Trinajstić information content (AvgIpc) is 2.20. The van der Waals surface area contributed by atoms with Crippen molar-refractivity contribution in [1.29, 1.82) is 0 Å². The fraction of sp³-hybridized carbons (Fsp3) is 0.364. The van der Waals surface area contributed by atoms with E-state index in [1.165, 1.54) is 0 Å². The quantitative estimate of drug-likeness (QED) is 0.677. The first-order valence-corrected chi connectivity index (χ1v) is 4.96. The summed E-state index contributed by atoms with van der Waals surface area (Å²) in [5, 5.41) is 0. The van der Waals surface area contributed by atoms with Gasteiger partial charge in [-0.15, -0.1) is 11.6 Å². The van der Waals surface area contributed by atoms with Gasteiger partial charge in [0, 0.05) is 5.92 Å². The Hall–Kier alpha value is -0.820. The smallest absolute Gasteiger partial charge is 0.155 e. The molecule has 0 aliphatic carbocycles. The van der Waals surface area contributed by atoms with Crippen molar-refractivity contribution >= 4 is 17.4 Å². The molecule has 0 radical (unpaired) electrons. The van der Waals surface area contributed by atoms with Crippen molar-refractivity contribution in [2.45, 2.75) is 19.3 Å². The standard InChI is InChI=1S/C11H13ClO/c1-2-10(11(13)8-12)9-6-4-3-5-7-9/h3-7,10H,2,8H2,1H3. The van der Waals surface area contributed by atoms with Crippen LogP contribution in [0.2, 0.25) is 0 Å². The maximum absolute atomic E-state index is 11.4. The van der Waals surface area contributed by atoms with Crippen molar-refractivity contribution in [3.8, 4) is 0 Å². The van der Waals surface area contributed by atoms with Gasteiger partial charge in [-0.3, -0.25) is 4.79 Å². The van der Waals surface area contributed by atoms with Crippen LogP contribution in [-0.2, 0) is 4.79 Å². The molecule has 1 rings (SSSR count). The predicted octanol–water partition coefficient (Wildman–Crippen LogP) is 2.99. The second-order valence-corrected chi connectivity index (χ2v) is 3.24. The van der Waals surface area contributed by atoms with Gasteiger partial charge >= 0.3 is 0 Å². The van der Waals surface area contributed by atoms with E-state index in [1.807, 2.05) is 37.3 Å². The zero-order chi connectivity index (χ0) is 9.68. The fourth-order valence-electron chi connectivity index (χ4n) is 1.43. The minimum Gasteiger partial charge on any atom is -0.298 e. The number of halogens is 1. The first kappa shape index (κ1) is 10.3. The van der Waals surface area contributed by atoms with Crippen LogP contribution < -0.4 is 0 Å². The van der Waals surface area contributed by atoms with E-state index in [4.69, 9.17) is 11.6 Å². The molecule has 13 heavy (non-hydrogen) atoms. The Bertz CT molecular complexity index is 269. The molecule has 0 aliphatic rings. The van der Waals surface area contributed by atoms with Gasteiger partial charge in [0.05, 0.1) is 5.88 Å². The summed E-state index contributed by atoms with van der Waals surface area (Å²) in [4.78, 5) is 11.4. The molecular weight excluding hydrogens is 184 g/mol. The molecule has 0 saturated carbocycles. The largest absolute Gasteiger partial charge is 0.298 e. The number of hydrogen-bond donors (Lipinski definition) is 0. The van der Waals surface area contributed by atoms with Crippen LogP contribution in [0.1, 0.15) is 24.8 Å². The SMILES string of the molecule is CCC(C(=O)CCl)c1ccccc1. The molecule has 1 atom stereocenters. The van der Waals surface area contributed by atoms with Crippen LogP contribution in [0.5, 0.6) is 0 Å². The van der Waals surface area contributed by atoms with Crippen LogP contribution in [-0.4, -0.2) is 11.7 Å². The van der Waals surface area contributed by atoms with Crippen molar-refractivity contribution in [1.82, 2.24) is 0 Å². The Morgan fingerprint density at radius 2 is 2.00 bits per heavy atom. The number of carbonyl (C=O) groups is 1. The molecule has 0 N–H and O–H groups in total. The highest BCUT2D eigenvalue weighted by Crippen LogP contribution is 2.20. The Balaban J connectivity index is 2.85. The fourth-order valence-corrected chi connectivity index (χ4v) is 1.61. The highest BCUT2D eigenvalue weighted by Gasteiger charge is 2.16. The van der Waals surface area contributed by atoms with Gasteiger partial charge in [0.25, 0.3) is 0 Å². The normalized spacial score (nSPS) is 12.5. The van der Waals surface area contributed by atoms with Crippen molar-refractivity contribution in [2.75, 3.05) is 5.88 Å². The molecule has 0 aliphatic heterocycles. The van der Waals surface area contributed by atoms with Gasteiger partial charge in [0.1, 0.15) is 0 Å². The lowest BCUT2D eigenvalue weighted by Crippen LogP contribution is -2.12. The van der Waals surface area contributed by atoms with Crippen molar-refractivity contribution < 1.29 is 4.79 Å². The molecule has 70 valence electrons. The Morgan fingerprint density at radius 3 is 2.46 bits per heavy atom. The van der Waals surface area contributed by atoms with E-state index in [9.17, 15) is 4.79 Å². The van der Waals surface area contributed by atoms with Crippen LogP contribution in [0, 0.1) is 0 Å². The first-order chi connectivity index (χ1) is 6.29. The summed E-state index contributed by atoms with van der Waals surface area (Å²) in [5.41, 5.74) is 1.07. The summed E-state index contributed by atoms with van der Waals surface area (Å²) in [6.07, 6.45) is 0.815. The highest BCUT2D eigenvalue weighted by molar-refractivity contribution is 6.28. The second-order valence-electron chi connectivity index (χ2n) is 2.97. The van der Waals surface area contributed by atoms with E-state index in [2.05, 4.69) is 0 Å². The summed E-state index contributed by atoms with van der Waals surface area (Å²) in [6, 6.07) is 9.78. The molecule has 1 aromatic carbocycles. The van der Waals surface area contributed by atoms with Gasteiger partial charge in [-0.1, -0.05) is 37.3 Å². The molecule has 0 bridgehead atoms. The number of ketones is 1. The van der Waals surface area contributed by atoms with Gasteiger partial charge in [-0.2, -0.15) is 0 Å². The van der Waals surface area contributed by atoms with Crippen molar-refractivity contribution in [3.05, 3.63) is 35.9 Å². The molecule has 1 nitrogen and oxygen atoms in total. The molecule has 0 aromatic heterocycles. The van der Waals surface area contributed by atoms with Gasteiger partial charge in [0.2, 0.25) is 0 Å². The lowest BCUT2D eigenvalue weighted by atomic mass is 9.93. The van der Waals surface area contributed by atoms with E-state index in [-0.39, 0.29) is 17.6 Å². The molecule has 0 saturated heterocycles. The average molecular weight is 197 g/mol. The molecule has 2 heteroatoms. The number of rotatable bonds is 4. The maximum atomic E-state index is 11.4. The van der Waals surface area contributed by atoms with E-state index >= 15 is 0 Å². The van der Waals surface area contributed by atoms with Crippen molar-refractivity contribution in [3.63, 3.8) is 0 Å². The first-order valence-electron chi connectivity index (χ1n) is 4.43. The summed E-state index contributed by atoms with van der Waals surface area (Å²) in [5.74, 6) is 0.182. The van der Waals surface area contributed by atoms with E-state index < -0.39 is 0 Å². The molecule has 0 amide bonds. The summed E-state index contributed by atoms with van der Waals surface area (Å²) in [7, 11) is 0. The zero-order valence-electron chi connectivity index (χ0n) is 7.66. The number of Topliss-reactive ketones (excluding diaryl/α,β-unsaturated/α-hetero) is 1. The van der Waals surface area contributed by atoms with Crippen LogP contribution in [0.25, 0.3) is 0 Å². The number of hydrogen-bond acceptors (Lipinski definition) is 1. The Kier molecular flexibility index (Phi) is 3.97. The van der Waals surface area contributed by atoms with Crippen molar-refractivity contribution in [2.24, 2.45) is 0 Å². The molecule has 0 spiro atoms. The third-order valence-corrected chi connectivity index (χ3v) is 2.39. The van der Waals surface area contributed by atoms with E-state index in [1.54, 1.807) is 0 Å². The molecule has 1 aromatic rings. The van der Waals surface area contributed by atoms with Crippen LogP contribution in [0.3, 0.4) is 0 Å². The van der Waals surface area contributed by atoms with E-state index in [0.29, 0.717) is 0 Å². The Morgan fingerprint density at radius 1 is 1.38 bits per heavy atom. The third-order valence-electron chi connectivity index (χ3n) is 2.13. The summed E-state index contributed by atoms with van der Waals surface area (Å²) in [6.45, 7) is 2.00. The lowest BCUT2D eigenvalue weighted by Gasteiger charge is -2.11. The maximum Gasteiger partial charge on any atom is 0.155 e. The number of alkyl halides is 1. The van der Waals surface area contributed by atoms with Crippen LogP contribution >= 0.6 is 11.6 Å². The van der Waals surface area contributed by atoms with Crippen LogP contribution in [0.15, 0.2) is 30.3 Å². The van der Waals surface area contributed by atoms with Gasteiger partial charge in [-0.05, 0) is 12.0 Å². The minimum atomic E-state index is -0.0290. The molecule has 0 fully saturated rings. The lowest BCUT2D eigenvalue weighted by molar-refractivity contribution is -0.118. The Labute approximate surface area is 83.7 Å². The second kappa shape index (κ2) is 5.03. The monoisotopic (exact) mass is 196 g/mol. The third kappa shape index (κ3) is 2.56. The predicted molar refractivity (Wildman–Crippen MR) is 55.2 cm³/mol. The summed E-state index contributed by atoms with van der Waals surface area (Å²) < 4.78 is 0. The number of benzene rings is 1. The highest BCUT2D eigenvalue weighted by atomic mass is 35.5. The minimum absolute atomic E-state index is 0.0290. The van der Waals surface area contributed by atoms with Gasteiger partial charge in [-0.25, -0.2) is 0 Å². The summed E-state index contributed by atoms with van der Waals surface area (Å²) >= 11 is 5.53. The van der Waals surface area contributed by atoms with Crippen LogP contribution in [0.4, 0.5) is 0 Å². The topological polar surface area (TPSA) is 17.1 Å². The molecule has 1 unspecified atom stereocenters. The number of carbonyl (C=O) groups excluding carboxylic acids is 1. The van der Waals surface area contributed by atoms with Gasteiger partial charge < -0.3 is 0 Å². The van der Waals surface area contributed by atoms with E-state index in [0.717, 1.165) is 12.0 Å². The zero-order valence-corrected chi connectivity index (χ0v) is 8.42. The molecular formula is C11H13ClO. The molecule has 0 heterocycles. The van der Waals surface area contributed by atoms with Gasteiger partial charge in [0.15, 0.2) is 5.78 Å².